The first kappa shape index (κ1) is 17.6. The Morgan fingerprint density at radius 1 is 0.958 bits per heavy atom. The number of nitrogens with one attached hydrogen (secondary N) is 2. The Morgan fingerprint density at radius 2 is 1.67 bits per heavy atom. The second-order valence-corrected chi connectivity index (χ2v) is 5.00. The van der Waals surface area contributed by atoms with E-state index >= 15 is 0 Å². The van der Waals surface area contributed by atoms with Crippen LogP contribution in [0, 0.1) is 0 Å². The molecule has 0 saturated heterocycles. The van der Waals surface area contributed by atoms with E-state index in [-0.39, 0.29) is 12.5 Å². The minimum absolute atomic E-state index is 0.144. The third-order valence-corrected chi connectivity index (χ3v) is 3.20. The first-order valence-corrected chi connectivity index (χ1v) is 7.61. The predicted molar refractivity (Wildman–Crippen MR) is 93.9 cm³/mol. The molecule has 0 fully saturated rings. The Hall–Kier alpha value is -2.73. The lowest BCUT2D eigenvalue weighted by Crippen LogP contribution is -2.21. The van der Waals surface area contributed by atoms with Crippen molar-refractivity contribution >= 4 is 17.3 Å². The average molecular weight is 330 g/mol. The van der Waals surface area contributed by atoms with Gasteiger partial charge < -0.3 is 24.8 Å². The number of anilines is 2. The molecular weight excluding hydrogens is 308 g/mol. The van der Waals surface area contributed by atoms with Crippen molar-refractivity contribution in [2.24, 2.45) is 0 Å². The highest BCUT2D eigenvalue weighted by Gasteiger charge is 2.04. The van der Waals surface area contributed by atoms with Crippen LogP contribution in [0.2, 0.25) is 0 Å². The Labute approximate surface area is 141 Å². The van der Waals surface area contributed by atoms with E-state index in [9.17, 15) is 4.79 Å². The number of methoxy groups -OCH3 is 2. The molecule has 6 nitrogen and oxygen atoms in total. The van der Waals surface area contributed by atoms with E-state index in [0.717, 1.165) is 11.4 Å². The molecule has 0 heterocycles. The van der Waals surface area contributed by atoms with Crippen molar-refractivity contribution in [3.8, 4) is 11.5 Å². The maximum Gasteiger partial charge on any atom is 0.243 e. The number of benzene rings is 2. The monoisotopic (exact) mass is 330 g/mol. The Balaban J connectivity index is 1.83. The first-order chi connectivity index (χ1) is 11.7. The topological polar surface area (TPSA) is 68.8 Å². The van der Waals surface area contributed by atoms with Crippen molar-refractivity contribution in [1.29, 1.82) is 0 Å². The van der Waals surface area contributed by atoms with Crippen molar-refractivity contribution in [1.82, 2.24) is 0 Å². The molecule has 0 bridgehead atoms. The summed E-state index contributed by atoms with van der Waals surface area (Å²) >= 11 is 0. The molecule has 128 valence electrons. The van der Waals surface area contributed by atoms with Crippen molar-refractivity contribution in [3.63, 3.8) is 0 Å². The number of carbonyl (C=O) groups is 1. The number of rotatable bonds is 9. The predicted octanol–water partition coefficient (Wildman–Crippen LogP) is 2.77. The van der Waals surface area contributed by atoms with Crippen LogP contribution < -0.4 is 20.1 Å². The van der Waals surface area contributed by atoms with Gasteiger partial charge in [0.2, 0.25) is 5.91 Å². The second kappa shape index (κ2) is 9.42. The fourth-order valence-corrected chi connectivity index (χ4v) is 2.03. The summed E-state index contributed by atoms with van der Waals surface area (Å²) in [5.41, 5.74) is 1.50. The summed E-state index contributed by atoms with van der Waals surface area (Å²) in [6.07, 6.45) is 0. The van der Waals surface area contributed by atoms with Crippen molar-refractivity contribution in [2.45, 2.75) is 0 Å². The molecule has 0 aliphatic rings. The quantitative estimate of drug-likeness (QED) is 0.692. The second-order valence-electron chi connectivity index (χ2n) is 5.00. The summed E-state index contributed by atoms with van der Waals surface area (Å²) in [6.45, 7) is 1.16. The smallest absolute Gasteiger partial charge is 0.243 e. The van der Waals surface area contributed by atoms with Gasteiger partial charge in [0.25, 0.3) is 0 Å². The van der Waals surface area contributed by atoms with E-state index in [1.807, 2.05) is 42.5 Å². The largest absolute Gasteiger partial charge is 0.497 e. The molecule has 0 unspecified atom stereocenters. The zero-order valence-electron chi connectivity index (χ0n) is 13.9. The van der Waals surface area contributed by atoms with Crippen molar-refractivity contribution in [2.75, 3.05) is 44.6 Å². The lowest BCUT2D eigenvalue weighted by Gasteiger charge is -2.10. The highest BCUT2D eigenvalue weighted by atomic mass is 16.5. The van der Waals surface area contributed by atoms with Gasteiger partial charge in [0.05, 0.1) is 20.3 Å². The fraction of sp³-hybridized carbons (Fsp3) is 0.278. The number of hydrogen-bond donors (Lipinski definition) is 2. The van der Waals surface area contributed by atoms with Gasteiger partial charge in [-0.15, -0.1) is 0 Å². The van der Waals surface area contributed by atoms with E-state index in [2.05, 4.69) is 10.6 Å². The zero-order valence-corrected chi connectivity index (χ0v) is 13.9. The zero-order chi connectivity index (χ0) is 17.2. The molecule has 0 aromatic heterocycles. The van der Waals surface area contributed by atoms with Crippen LogP contribution in [0.4, 0.5) is 11.4 Å². The van der Waals surface area contributed by atoms with Gasteiger partial charge in [-0.3, -0.25) is 4.79 Å². The van der Waals surface area contributed by atoms with Crippen LogP contribution in [0.25, 0.3) is 0 Å². The fourth-order valence-electron chi connectivity index (χ4n) is 2.03. The highest BCUT2D eigenvalue weighted by Crippen LogP contribution is 2.18. The number of carbonyl (C=O) groups excluding carboxylic acids is 1. The molecule has 2 rings (SSSR count). The normalized spacial score (nSPS) is 10.1. The van der Waals surface area contributed by atoms with Gasteiger partial charge >= 0.3 is 0 Å². The molecular formula is C18H22N2O4. The van der Waals surface area contributed by atoms with Crippen LogP contribution in [0.5, 0.6) is 11.5 Å². The maximum absolute atomic E-state index is 12.0. The molecule has 6 heteroatoms. The van der Waals surface area contributed by atoms with Gasteiger partial charge in [-0.25, -0.2) is 0 Å². The summed E-state index contributed by atoms with van der Waals surface area (Å²) in [5, 5.41) is 5.88. The molecule has 2 aromatic carbocycles. The van der Waals surface area contributed by atoms with Gasteiger partial charge in [-0.1, -0.05) is 12.1 Å². The lowest BCUT2D eigenvalue weighted by atomic mass is 10.3. The molecule has 0 saturated carbocycles. The highest BCUT2D eigenvalue weighted by molar-refractivity contribution is 5.93. The van der Waals surface area contributed by atoms with E-state index < -0.39 is 0 Å². The molecule has 0 aliphatic heterocycles. The summed E-state index contributed by atoms with van der Waals surface area (Å²) in [6, 6.07) is 14.7. The third kappa shape index (κ3) is 5.81. The molecule has 1 amide bonds. The van der Waals surface area contributed by atoms with E-state index in [4.69, 9.17) is 14.2 Å². The minimum atomic E-state index is -0.144. The van der Waals surface area contributed by atoms with Crippen LogP contribution in [0.1, 0.15) is 0 Å². The average Bonchev–Trinajstić information content (AvgIpc) is 2.61. The van der Waals surface area contributed by atoms with E-state index in [0.29, 0.717) is 24.7 Å². The van der Waals surface area contributed by atoms with Crippen LogP contribution >= 0.6 is 0 Å². The SMILES string of the molecule is COCCOc1cccc(NCC(=O)Nc2cccc(OC)c2)c1. The Bertz CT molecular complexity index is 661. The summed E-state index contributed by atoms with van der Waals surface area (Å²) < 4.78 is 15.6. The van der Waals surface area contributed by atoms with E-state index in [1.54, 1.807) is 20.3 Å². The van der Waals surface area contributed by atoms with Crippen molar-refractivity contribution in [3.05, 3.63) is 48.5 Å². The molecule has 24 heavy (non-hydrogen) atoms. The van der Waals surface area contributed by atoms with Crippen LogP contribution in [-0.4, -0.2) is 39.9 Å². The molecule has 2 N–H and O–H groups in total. The third-order valence-electron chi connectivity index (χ3n) is 3.20. The Morgan fingerprint density at radius 3 is 2.42 bits per heavy atom. The molecule has 0 atom stereocenters. The molecule has 2 aromatic rings. The van der Waals surface area contributed by atoms with Gasteiger partial charge in [-0.05, 0) is 24.3 Å². The first-order valence-electron chi connectivity index (χ1n) is 7.61. The van der Waals surface area contributed by atoms with Crippen LogP contribution in [0.15, 0.2) is 48.5 Å². The standard InChI is InChI=1S/C18H22N2O4/c1-22-9-10-24-17-8-3-5-14(11-17)19-13-18(21)20-15-6-4-7-16(12-15)23-2/h3-8,11-12,19H,9-10,13H2,1-2H3,(H,20,21). The Kier molecular flexibility index (Phi) is 6.91. The van der Waals surface area contributed by atoms with Crippen molar-refractivity contribution < 1.29 is 19.0 Å². The maximum atomic E-state index is 12.0. The lowest BCUT2D eigenvalue weighted by molar-refractivity contribution is -0.114. The summed E-state index contributed by atoms with van der Waals surface area (Å²) in [5.74, 6) is 1.28. The van der Waals surface area contributed by atoms with Gasteiger partial charge in [0.15, 0.2) is 0 Å². The number of amides is 1. The van der Waals surface area contributed by atoms with E-state index in [1.165, 1.54) is 0 Å². The molecule has 0 spiro atoms. The summed E-state index contributed by atoms with van der Waals surface area (Å²) in [7, 11) is 3.21. The number of ether oxygens (including phenoxy) is 3. The van der Waals surface area contributed by atoms with Gasteiger partial charge in [-0.2, -0.15) is 0 Å². The minimum Gasteiger partial charge on any atom is -0.497 e. The molecule has 0 radical (unpaired) electrons. The summed E-state index contributed by atoms with van der Waals surface area (Å²) in [4.78, 5) is 12.0. The molecule has 0 aliphatic carbocycles. The number of hydrogen-bond acceptors (Lipinski definition) is 5. The van der Waals surface area contributed by atoms with Gasteiger partial charge in [0.1, 0.15) is 18.1 Å². The van der Waals surface area contributed by atoms with Crippen LogP contribution in [-0.2, 0) is 9.53 Å². The van der Waals surface area contributed by atoms with Gasteiger partial charge in [0, 0.05) is 30.6 Å². The van der Waals surface area contributed by atoms with Crippen LogP contribution in [0.3, 0.4) is 0 Å².